The highest BCUT2D eigenvalue weighted by atomic mass is 32.2. The predicted octanol–water partition coefficient (Wildman–Crippen LogP) is 2.90. The number of nitrogens with one attached hydrogen (secondary N) is 2. The Bertz CT molecular complexity index is 587. The van der Waals surface area contributed by atoms with Crippen LogP contribution >= 0.6 is 11.8 Å². The minimum atomic E-state index is -0.517. The van der Waals surface area contributed by atoms with Crippen LogP contribution in [0, 0.1) is 0 Å². The fourth-order valence-electron chi connectivity index (χ4n) is 1.82. The van der Waals surface area contributed by atoms with Gasteiger partial charge in [-0.2, -0.15) is 11.8 Å². The molecule has 0 radical (unpaired) electrons. The van der Waals surface area contributed by atoms with Gasteiger partial charge in [0.15, 0.2) is 11.5 Å². The van der Waals surface area contributed by atoms with Crippen molar-refractivity contribution in [3.63, 3.8) is 0 Å². The quantitative estimate of drug-likeness (QED) is 0.685. The number of ether oxygens (including phenoxy) is 3. The summed E-state index contributed by atoms with van der Waals surface area (Å²) < 4.78 is 15.5. The van der Waals surface area contributed by atoms with Gasteiger partial charge < -0.3 is 24.8 Å². The normalized spacial score (nSPS) is 10.8. The Kier molecular flexibility index (Phi) is 8.40. The van der Waals surface area contributed by atoms with Crippen molar-refractivity contribution in [2.75, 3.05) is 37.6 Å². The highest BCUT2D eigenvalue weighted by Crippen LogP contribution is 2.29. The van der Waals surface area contributed by atoms with Crippen molar-refractivity contribution in [1.82, 2.24) is 5.32 Å². The first-order valence-corrected chi connectivity index (χ1v) is 8.97. The van der Waals surface area contributed by atoms with Gasteiger partial charge in [-0.05, 0) is 32.9 Å². The van der Waals surface area contributed by atoms with E-state index in [1.54, 1.807) is 46.1 Å². The van der Waals surface area contributed by atoms with E-state index < -0.39 is 11.7 Å². The third-order valence-electron chi connectivity index (χ3n) is 2.82. The van der Waals surface area contributed by atoms with E-state index in [4.69, 9.17) is 14.2 Å². The zero-order valence-corrected chi connectivity index (χ0v) is 16.1. The lowest BCUT2D eigenvalue weighted by molar-refractivity contribution is -0.113. The van der Waals surface area contributed by atoms with Crippen LogP contribution in [0.3, 0.4) is 0 Å². The summed E-state index contributed by atoms with van der Waals surface area (Å²) in [6, 6.07) is 5.17. The van der Waals surface area contributed by atoms with Gasteiger partial charge in [0.1, 0.15) is 5.60 Å². The van der Waals surface area contributed by atoms with Crippen LogP contribution in [0.4, 0.5) is 10.5 Å². The maximum Gasteiger partial charge on any atom is 0.407 e. The number of carbonyl (C=O) groups is 2. The molecule has 25 heavy (non-hydrogen) atoms. The Hall–Kier alpha value is -2.09. The standard InChI is InChI=1S/C17H26N2O5S/c1-17(2,3)24-16(21)18-8-9-25-11-15(20)19-12-6-7-13(22-4)14(10-12)23-5/h6-7,10H,8-9,11H2,1-5H3,(H,18,21)(H,19,20). The van der Waals surface area contributed by atoms with Gasteiger partial charge in [-0.1, -0.05) is 0 Å². The fraction of sp³-hybridized carbons (Fsp3) is 0.529. The van der Waals surface area contributed by atoms with Gasteiger partial charge in [-0.3, -0.25) is 4.79 Å². The Balaban J connectivity index is 2.28. The van der Waals surface area contributed by atoms with Crippen LogP contribution in [0.25, 0.3) is 0 Å². The number of benzene rings is 1. The summed E-state index contributed by atoms with van der Waals surface area (Å²) in [6.07, 6.45) is -0.456. The molecule has 7 nitrogen and oxygen atoms in total. The van der Waals surface area contributed by atoms with E-state index in [9.17, 15) is 9.59 Å². The second-order valence-corrected chi connectivity index (χ2v) is 7.20. The Labute approximate surface area is 152 Å². The molecule has 1 aromatic rings. The highest BCUT2D eigenvalue weighted by Gasteiger charge is 2.15. The molecule has 140 valence electrons. The molecule has 0 unspecified atom stereocenters. The van der Waals surface area contributed by atoms with Crippen LogP contribution < -0.4 is 20.1 Å². The van der Waals surface area contributed by atoms with Crippen molar-refractivity contribution in [2.24, 2.45) is 0 Å². The fourth-order valence-corrected chi connectivity index (χ4v) is 2.46. The van der Waals surface area contributed by atoms with Crippen molar-refractivity contribution >= 4 is 29.4 Å². The van der Waals surface area contributed by atoms with E-state index in [0.29, 0.717) is 29.5 Å². The van der Waals surface area contributed by atoms with Crippen LogP contribution in [-0.4, -0.2) is 49.9 Å². The lowest BCUT2D eigenvalue weighted by Crippen LogP contribution is -2.33. The van der Waals surface area contributed by atoms with E-state index in [1.165, 1.54) is 18.9 Å². The Morgan fingerprint density at radius 1 is 1.12 bits per heavy atom. The summed E-state index contributed by atoms with van der Waals surface area (Å²) in [6.45, 7) is 5.85. The average Bonchev–Trinajstić information content (AvgIpc) is 2.52. The molecular weight excluding hydrogens is 344 g/mol. The van der Waals surface area contributed by atoms with Gasteiger partial charge >= 0.3 is 6.09 Å². The first-order chi connectivity index (χ1) is 11.7. The van der Waals surface area contributed by atoms with Crippen LogP contribution in [0.1, 0.15) is 20.8 Å². The van der Waals surface area contributed by atoms with Crippen molar-refractivity contribution in [2.45, 2.75) is 26.4 Å². The molecule has 0 heterocycles. The second-order valence-electron chi connectivity index (χ2n) is 6.10. The SMILES string of the molecule is COc1ccc(NC(=O)CSCCNC(=O)OC(C)(C)C)cc1OC. The van der Waals surface area contributed by atoms with Crippen molar-refractivity contribution < 1.29 is 23.8 Å². The van der Waals surface area contributed by atoms with E-state index in [2.05, 4.69) is 10.6 Å². The number of thioether (sulfide) groups is 1. The molecule has 1 aromatic carbocycles. The van der Waals surface area contributed by atoms with Crippen LogP contribution in [0.15, 0.2) is 18.2 Å². The van der Waals surface area contributed by atoms with E-state index in [1.807, 2.05) is 0 Å². The highest BCUT2D eigenvalue weighted by molar-refractivity contribution is 7.99. The Morgan fingerprint density at radius 2 is 1.80 bits per heavy atom. The van der Waals surface area contributed by atoms with E-state index in [-0.39, 0.29) is 11.7 Å². The molecule has 0 aliphatic carbocycles. The molecule has 0 atom stereocenters. The molecule has 0 saturated carbocycles. The van der Waals surface area contributed by atoms with Crippen molar-refractivity contribution in [1.29, 1.82) is 0 Å². The topological polar surface area (TPSA) is 85.9 Å². The van der Waals surface area contributed by atoms with E-state index >= 15 is 0 Å². The molecular formula is C17H26N2O5S. The maximum absolute atomic E-state index is 11.9. The second kappa shape index (κ2) is 10.0. The lowest BCUT2D eigenvalue weighted by Gasteiger charge is -2.19. The zero-order chi connectivity index (χ0) is 18.9. The number of alkyl carbamates (subject to hydrolysis) is 1. The molecule has 0 spiro atoms. The molecule has 0 aliphatic rings. The van der Waals surface area contributed by atoms with E-state index in [0.717, 1.165) is 0 Å². The smallest absolute Gasteiger partial charge is 0.407 e. The minimum absolute atomic E-state index is 0.130. The summed E-state index contributed by atoms with van der Waals surface area (Å²) in [7, 11) is 3.09. The average molecular weight is 370 g/mol. The molecule has 0 aliphatic heterocycles. The number of rotatable bonds is 8. The largest absolute Gasteiger partial charge is 0.493 e. The van der Waals surface area contributed by atoms with Crippen LogP contribution in [0.5, 0.6) is 11.5 Å². The van der Waals surface area contributed by atoms with Gasteiger partial charge in [0, 0.05) is 24.1 Å². The number of hydrogen-bond donors (Lipinski definition) is 2. The Morgan fingerprint density at radius 3 is 2.40 bits per heavy atom. The first-order valence-electron chi connectivity index (χ1n) is 7.81. The molecule has 2 amide bonds. The lowest BCUT2D eigenvalue weighted by atomic mass is 10.2. The zero-order valence-electron chi connectivity index (χ0n) is 15.3. The molecule has 0 fully saturated rings. The predicted molar refractivity (Wildman–Crippen MR) is 99.7 cm³/mol. The number of carbonyl (C=O) groups excluding carboxylic acids is 2. The third kappa shape index (κ3) is 8.53. The van der Waals surface area contributed by atoms with Gasteiger partial charge in [-0.25, -0.2) is 4.79 Å². The molecule has 8 heteroatoms. The van der Waals surface area contributed by atoms with Crippen molar-refractivity contribution in [3.8, 4) is 11.5 Å². The van der Waals surface area contributed by atoms with Gasteiger partial charge in [0.25, 0.3) is 0 Å². The first kappa shape index (κ1) is 21.0. The van der Waals surface area contributed by atoms with Crippen LogP contribution in [0.2, 0.25) is 0 Å². The van der Waals surface area contributed by atoms with Gasteiger partial charge in [0.05, 0.1) is 20.0 Å². The molecule has 0 aromatic heterocycles. The number of methoxy groups -OCH3 is 2. The molecule has 1 rings (SSSR count). The van der Waals surface area contributed by atoms with Crippen molar-refractivity contribution in [3.05, 3.63) is 18.2 Å². The third-order valence-corrected chi connectivity index (χ3v) is 3.77. The summed E-state index contributed by atoms with van der Waals surface area (Å²) in [5.74, 6) is 1.91. The molecule has 0 bridgehead atoms. The summed E-state index contributed by atoms with van der Waals surface area (Å²) in [5.41, 5.74) is 0.117. The number of amides is 2. The summed E-state index contributed by atoms with van der Waals surface area (Å²) in [4.78, 5) is 23.4. The van der Waals surface area contributed by atoms with Gasteiger partial charge in [0.2, 0.25) is 5.91 Å². The molecule has 0 saturated heterocycles. The molecule has 2 N–H and O–H groups in total. The maximum atomic E-state index is 11.9. The minimum Gasteiger partial charge on any atom is -0.493 e. The number of anilines is 1. The van der Waals surface area contributed by atoms with Crippen LogP contribution in [-0.2, 0) is 9.53 Å². The van der Waals surface area contributed by atoms with Gasteiger partial charge in [-0.15, -0.1) is 0 Å². The number of hydrogen-bond acceptors (Lipinski definition) is 6. The monoisotopic (exact) mass is 370 g/mol. The summed E-state index contributed by atoms with van der Waals surface area (Å²) >= 11 is 1.42. The summed E-state index contributed by atoms with van der Waals surface area (Å²) in [5, 5.41) is 5.44.